The van der Waals surface area contributed by atoms with Crippen molar-refractivity contribution < 1.29 is 5.11 Å². The van der Waals surface area contributed by atoms with Gasteiger partial charge in [0.05, 0.1) is 0 Å². The molecular formula is CHN3. The van der Waals surface area contributed by atoms with Gasteiger partial charge in [0.15, 0.2) is 5.26 Å². The Morgan fingerprint density at radius 3 is 2.25 bits per heavy atom. The molecule has 0 radical (unpaired) electrons. The lowest BCUT2D eigenvalue weighted by Crippen LogP contribution is -2.54. The molecule has 0 saturated heterocycles. The highest BCUT2D eigenvalue weighted by Crippen LogP contribution is 0.887. The van der Waals surface area contributed by atoms with Crippen molar-refractivity contribution in [3.05, 3.63) is 5.53 Å². The first-order chi connectivity index (χ1) is 1.91. The van der Waals surface area contributed by atoms with Crippen molar-refractivity contribution in [1.82, 2.24) is 0 Å². The Labute approximate surface area is 23.4 Å². The highest BCUT2D eigenvalue weighted by Gasteiger charge is 1.40. The Kier molecular flexibility index (Phi) is 1.61. The molecule has 3 nitrogen and oxygen atoms in total. The molecule has 3 heteroatoms. The Balaban J connectivity index is 2.92. The summed E-state index contributed by atoms with van der Waals surface area (Å²) in [4.78, 5) is 0. The maximum Gasteiger partial charge on any atom is 0.440 e. The van der Waals surface area contributed by atoms with Gasteiger partial charge in [-0.25, -0.2) is 0 Å². The average molecular weight is 55.0 g/mol. The standard InChI is InChI=1S/CHN3/c2-1-4-3/h4H. The number of rotatable bonds is 0. The lowest BCUT2D eigenvalue weighted by Gasteiger charge is -1.46. The number of hydrogen-bond acceptors (Lipinski definition) is 1. The summed E-state index contributed by atoms with van der Waals surface area (Å²) >= 11 is 0. The molecule has 1 N–H and O–H groups in total. The maximum absolute atomic E-state index is 7.26. The summed E-state index contributed by atoms with van der Waals surface area (Å²) in [5, 5.41) is 8.50. The van der Waals surface area contributed by atoms with E-state index in [0.717, 1.165) is 0 Å². The lowest BCUT2D eigenvalue weighted by atomic mass is 11.5. The van der Waals surface area contributed by atoms with E-state index in [1.807, 2.05) is 0 Å². The maximum atomic E-state index is 7.26. The molecule has 0 bridgehead atoms. The van der Waals surface area contributed by atoms with E-state index in [1.54, 1.807) is 0 Å². The molecule has 4 heavy (non-hydrogen) atoms. The third-order valence-electron chi connectivity index (χ3n) is 0.0500. The minimum atomic E-state index is 1.24. The highest BCUT2D eigenvalue weighted by molar-refractivity contribution is 4.29. The molecular weight excluding hydrogens is 54.0 g/mol. The van der Waals surface area contributed by atoms with Crippen molar-refractivity contribution in [2.45, 2.75) is 0 Å². The van der Waals surface area contributed by atoms with Gasteiger partial charge in [0.2, 0.25) is 0 Å². The van der Waals surface area contributed by atoms with E-state index < -0.39 is 0 Å². The summed E-state index contributed by atoms with van der Waals surface area (Å²) in [5.41, 5.74) is 7.26. The molecule has 0 heterocycles. The van der Waals surface area contributed by atoms with Crippen molar-refractivity contribution in [3.63, 3.8) is 0 Å². The van der Waals surface area contributed by atoms with Gasteiger partial charge in [-0.2, -0.15) is 0 Å². The summed E-state index contributed by atoms with van der Waals surface area (Å²) in [6.07, 6.45) is 1.24. The van der Waals surface area contributed by atoms with Gasteiger partial charge in [0.25, 0.3) is 0 Å². The fourth-order valence-electron chi connectivity index (χ4n) is 0. The lowest BCUT2D eigenvalue weighted by molar-refractivity contribution is -0.377. The van der Waals surface area contributed by atoms with Gasteiger partial charge < -0.3 is 5.53 Å². The number of hydrogen-bond donors (Lipinski definition) is 1. The topological polar surface area (TPSA) is 60.1 Å². The van der Waals surface area contributed by atoms with E-state index in [2.05, 4.69) is 0 Å². The van der Waals surface area contributed by atoms with Crippen LogP contribution in [-0.2, 0) is 0 Å². The van der Waals surface area contributed by atoms with Crippen molar-refractivity contribution in [2.75, 3.05) is 0 Å². The van der Waals surface area contributed by atoms with Crippen LogP contribution in [0.5, 0.6) is 0 Å². The predicted octanol–water partition coefficient (Wildman–Crippen LogP) is -1.43. The van der Waals surface area contributed by atoms with Crippen molar-refractivity contribution in [3.8, 4) is 6.19 Å². The van der Waals surface area contributed by atoms with Gasteiger partial charge in [-0.3, -0.25) is 5.11 Å². The zero-order valence-corrected chi connectivity index (χ0v) is 1.89. The van der Waals surface area contributed by atoms with Gasteiger partial charge in [-0.05, 0) is 0 Å². The fourth-order valence-corrected chi connectivity index (χ4v) is 0. The number of nitrogens with one attached hydrogen (secondary N) is 1. The van der Waals surface area contributed by atoms with Crippen LogP contribution in [-0.4, -0.2) is 0 Å². The largest absolute Gasteiger partial charge is 0.604 e. The van der Waals surface area contributed by atoms with E-state index in [0.29, 0.717) is 0 Å². The second-order valence-corrected chi connectivity index (χ2v) is 0.224. The number of nitriles is 1. The summed E-state index contributed by atoms with van der Waals surface area (Å²) < 4.78 is 0. The highest BCUT2D eigenvalue weighted by atomic mass is 14.9. The third-order valence-corrected chi connectivity index (χ3v) is 0.0500. The second-order valence-electron chi connectivity index (χ2n) is 0.224. The second kappa shape index (κ2) is 2.09. The first-order valence-electron chi connectivity index (χ1n) is 0.697. The normalized spacial score (nSPS) is 3.75. The Morgan fingerprint density at radius 1 is 2.00 bits per heavy atom. The smallest absolute Gasteiger partial charge is 0.440 e. The molecule has 0 aliphatic carbocycles. The summed E-state index contributed by atoms with van der Waals surface area (Å²) in [7, 11) is 0. The first kappa shape index (κ1) is 3.09. The van der Waals surface area contributed by atoms with E-state index >= 15 is 0 Å². The molecule has 0 amide bonds. The van der Waals surface area contributed by atoms with Crippen LogP contribution in [0.15, 0.2) is 0 Å². The monoisotopic (exact) mass is 55.0 g/mol. The van der Waals surface area contributed by atoms with Crippen LogP contribution >= 0.6 is 0 Å². The van der Waals surface area contributed by atoms with Crippen molar-refractivity contribution >= 4 is 0 Å². The zero-order chi connectivity index (χ0) is 3.41. The Morgan fingerprint density at radius 2 is 2.25 bits per heavy atom. The molecule has 0 atom stereocenters. The predicted molar refractivity (Wildman–Crippen MR) is 9.93 cm³/mol. The quantitative estimate of drug-likeness (QED) is 0.206. The third kappa shape index (κ3) is 1.09. The van der Waals surface area contributed by atoms with Gasteiger partial charge in [0, 0.05) is 0 Å². The van der Waals surface area contributed by atoms with Gasteiger partial charge in [-0.15, -0.1) is 0 Å². The van der Waals surface area contributed by atoms with Crippen LogP contribution in [0.2, 0.25) is 0 Å². The van der Waals surface area contributed by atoms with Crippen molar-refractivity contribution in [1.29, 1.82) is 5.26 Å². The molecule has 0 unspecified atom stereocenters. The van der Waals surface area contributed by atoms with E-state index in [4.69, 9.17) is 10.8 Å². The van der Waals surface area contributed by atoms with Crippen molar-refractivity contribution in [2.24, 2.45) is 0 Å². The SMILES string of the molecule is N#C[NH+]=[N-]. The van der Waals surface area contributed by atoms with Crippen LogP contribution in [0.1, 0.15) is 0 Å². The van der Waals surface area contributed by atoms with Crippen LogP contribution in [0, 0.1) is 11.5 Å². The summed E-state index contributed by atoms with van der Waals surface area (Å²) in [5.74, 6) is 0. The van der Waals surface area contributed by atoms with E-state index in [-0.39, 0.29) is 0 Å². The van der Waals surface area contributed by atoms with Crippen LogP contribution in [0.3, 0.4) is 0 Å². The van der Waals surface area contributed by atoms with E-state index in [1.165, 1.54) is 11.3 Å². The summed E-state index contributed by atoms with van der Waals surface area (Å²) in [6, 6.07) is 0. The van der Waals surface area contributed by atoms with E-state index in [9.17, 15) is 0 Å². The van der Waals surface area contributed by atoms with Gasteiger partial charge in [-0.1, -0.05) is 0 Å². The molecule has 0 aromatic heterocycles. The molecule has 0 rings (SSSR count). The minimum absolute atomic E-state index is 1.24. The molecule has 0 aliphatic rings. The minimum Gasteiger partial charge on any atom is -0.604 e. The van der Waals surface area contributed by atoms with Gasteiger partial charge in [0.1, 0.15) is 0 Å². The molecule has 0 saturated carbocycles. The van der Waals surface area contributed by atoms with Crippen LogP contribution in [0.25, 0.3) is 5.53 Å². The number of nitrogens with zero attached hydrogens (tertiary/aromatic N) is 2. The molecule has 0 aromatic carbocycles. The Hall–Kier alpha value is -0.910. The average Bonchev–Trinajstić information content (AvgIpc) is 1.37. The fraction of sp³-hybridized carbons (Fsp3) is 0. The summed E-state index contributed by atoms with van der Waals surface area (Å²) in [6.45, 7) is 0. The molecule has 0 aliphatic heterocycles. The van der Waals surface area contributed by atoms with Crippen LogP contribution in [0.4, 0.5) is 0 Å². The first-order valence-corrected chi connectivity index (χ1v) is 0.697. The Bertz CT molecular complexity index is 48.8. The molecule has 20 valence electrons. The van der Waals surface area contributed by atoms with Gasteiger partial charge >= 0.3 is 6.19 Å². The molecule has 0 fully saturated rings. The zero-order valence-electron chi connectivity index (χ0n) is 1.89. The molecule has 0 aromatic rings. The molecule has 0 spiro atoms. The van der Waals surface area contributed by atoms with Crippen LogP contribution < -0.4 is 5.11 Å².